The summed E-state index contributed by atoms with van der Waals surface area (Å²) in [5.74, 6) is -0.0664. The number of amides is 1. The SMILES string of the molecule is CCCCCCCCCCCCCCCCCCC/C=C/C(O)C(CO)NC(=O)CCCCCCCCC/C=C\CCCCCCCCCCCOC(=O)CCCCCCCCCCCCCCC. The lowest BCUT2D eigenvalue weighted by Gasteiger charge is -2.20. The molecule has 0 rings (SSSR count). The summed E-state index contributed by atoms with van der Waals surface area (Å²) in [6.45, 7) is 4.92. The molecule has 3 N–H and O–H groups in total. The Kier molecular flexibility index (Phi) is 57.5. The number of aliphatic hydroxyl groups excluding tert-OH is 2. The molecule has 0 spiro atoms. The van der Waals surface area contributed by atoms with E-state index in [-0.39, 0.29) is 18.5 Å². The van der Waals surface area contributed by atoms with E-state index < -0.39 is 12.1 Å². The van der Waals surface area contributed by atoms with Crippen LogP contribution in [-0.4, -0.2) is 47.4 Å². The quantitative estimate of drug-likeness (QED) is 0.0321. The van der Waals surface area contributed by atoms with Crippen LogP contribution in [-0.2, 0) is 14.3 Å². The highest BCUT2D eigenvalue weighted by Gasteiger charge is 2.18. The molecule has 2 unspecified atom stereocenters. The van der Waals surface area contributed by atoms with Crippen molar-refractivity contribution in [3.63, 3.8) is 0 Å². The minimum atomic E-state index is -0.850. The lowest BCUT2D eigenvalue weighted by Crippen LogP contribution is -2.45. The van der Waals surface area contributed by atoms with Crippen molar-refractivity contribution in [1.82, 2.24) is 5.32 Å². The van der Waals surface area contributed by atoms with E-state index in [1.54, 1.807) is 6.08 Å². The van der Waals surface area contributed by atoms with Crippen molar-refractivity contribution in [1.29, 1.82) is 0 Å². The molecule has 0 aromatic heterocycles. The Morgan fingerprint density at radius 1 is 0.391 bits per heavy atom. The smallest absolute Gasteiger partial charge is 0.305 e. The van der Waals surface area contributed by atoms with Crippen molar-refractivity contribution in [2.45, 2.75) is 353 Å². The molecule has 0 aromatic carbocycles. The van der Waals surface area contributed by atoms with Gasteiger partial charge in [-0.25, -0.2) is 0 Å². The number of esters is 1. The monoisotopic (exact) mass is 972 g/mol. The van der Waals surface area contributed by atoms with Gasteiger partial charge in [-0.2, -0.15) is 0 Å². The summed E-state index contributed by atoms with van der Waals surface area (Å²) >= 11 is 0. The van der Waals surface area contributed by atoms with Gasteiger partial charge >= 0.3 is 5.97 Å². The standard InChI is InChI=1S/C63H121NO5/c1-3-5-7-9-11-13-15-17-18-19-22-25-28-32-35-39-43-47-51-55-61(66)60(59-65)64-62(67)56-52-48-44-40-36-33-29-26-23-20-21-24-27-30-34-38-42-46-50-54-58-69-63(68)57-53-49-45-41-37-31-16-14-12-10-8-6-4-2/h20,23,51,55,60-61,65-66H,3-19,21-22,24-50,52-54,56-59H2,1-2H3,(H,64,67)/b23-20-,55-51+. The second-order valence-electron chi connectivity index (χ2n) is 21.4. The summed E-state index contributed by atoms with van der Waals surface area (Å²) in [5, 5.41) is 23.2. The van der Waals surface area contributed by atoms with Gasteiger partial charge in [0.15, 0.2) is 0 Å². The van der Waals surface area contributed by atoms with Gasteiger partial charge in [-0.15, -0.1) is 0 Å². The van der Waals surface area contributed by atoms with Crippen molar-refractivity contribution in [3.8, 4) is 0 Å². The molecule has 0 saturated heterocycles. The van der Waals surface area contributed by atoms with E-state index in [2.05, 4.69) is 31.3 Å². The van der Waals surface area contributed by atoms with Gasteiger partial charge in [0.2, 0.25) is 5.91 Å². The highest BCUT2D eigenvalue weighted by molar-refractivity contribution is 5.76. The second-order valence-corrected chi connectivity index (χ2v) is 21.4. The van der Waals surface area contributed by atoms with E-state index in [4.69, 9.17) is 4.74 Å². The van der Waals surface area contributed by atoms with Crippen LogP contribution >= 0.6 is 0 Å². The largest absolute Gasteiger partial charge is 0.466 e. The molecular formula is C63H121NO5. The summed E-state index contributed by atoms with van der Waals surface area (Å²) in [6.07, 6.45) is 72.1. The maximum atomic E-state index is 12.5. The first-order chi connectivity index (χ1) is 34.0. The molecule has 408 valence electrons. The molecule has 0 saturated carbocycles. The highest BCUT2D eigenvalue weighted by Crippen LogP contribution is 2.17. The lowest BCUT2D eigenvalue weighted by atomic mass is 10.0. The average Bonchev–Trinajstić information content (AvgIpc) is 3.35. The molecular weight excluding hydrogens is 851 g/mol. The Hall–Kier alpha value is -1.66. The number of hydrogen-bond donors (Lipinski definition) is 3. The summed E-state index contributed by atoms with van der Waals surface area (Å²) in [6, 6.07) is -0.634. The van der Waals surface area contributed by atoms with E-state index >= 15 is 0 Å². The topological polar surface area (TPSA) is 95.9 Å². The minimum Gasteiger partial charge on any atom is -0.466 e. The first-order valence-electron chi connectivity index (χ1n) is 31.1. The van der Waals surface area contributed by atoms with Crippen LogP contribution in [0.25, 0.3) is 0 Å². The van der Waals surface area contributed by atoms with Crippen LogP contribution < -0.4 is 5.32 Å². The van der Waals surface area contributed by atoms with Gasteiger partial charge in [-0.3, -0.25) is 9.59 Å². The van der Waals surface area contributed by atoms with Gasteiger partial charge in [0.05, 0.1) is 25.4 Å². The summed E-state index contributed by atoms with van der Waals surface area (Å²) in [7, 11) is 0. The maximum absolute atomic E-state index is 12.5. The summed E-state index contributed by atoms with van der Waals surface area (Å²) in [5.41, 5.74) is 0. The number of carbonyl (C=O) groups is 2. The molecule has 0 aliphatic rings. The van der Waals surface area contributed by atoms with Crippen molar-refractivity contribution < 1.29 is 24.5 Å². The van der Waals surface area contributed by atoms with Crippen LogP contribution in [0.2, 0.25) is 0 Å². The molecule has 0 aliphatic heterocycles. The van der Waals surface area contributed by atoms with Crippen LogP contribution in [0, 0.1) is 0 Å². The highest BCUT2D eigenvalue weighted by atomic mass is 16.5. The molecule has 0 fully saturated rings. The molecule has 2 atom stereocenters. The molecule has 0 aliphatic carbocycles. The lowest BCUT2D eigenvalue weighted by molar-refractivity contribution is -0.143. The normalized spacial score (nSPS) is 12.7. The number of rotatable bonds is 58. The molecule has 0 radical (unpaired) electrons. The van der Waals surface area contributed by atoms with Crippen LogP contribution in [0.1, 0.15) is 341 Å². The Morgan fingerprint density at radius 3 is 1.03 bits per heavy atom. The van der Waals surface area contributed by atoms with E-state index in [0.29, 0.717) is 19.4 Å². The van der Waals surface area contributed by atoms with Crippen molar-refractivity contribution >= 4 is 11.9 Å². The Labute approximate surface area is 431 Å². The zero-order valence-corrected chi connectivity index (χ0v) is 46.6. The number of unbranched alkanes of at least 4 members (excludes halogenated alkanes) is 45. The number of allylic oxidation sites excluding steroid dienone is 3. The van der Waals surface area contributed by atoms with Crippen LogP contribution in [0.3, 0.4) is 0 Å². The number of aliphatic hydroxyl groups is 2. The van der Waals surface area contributed by atoms with Crippen molar-refractivity contribution in [2.24, 2.45) is 0 Å². The first kappa shape index (κ1) is 67.3. The van der Waals surface area contributed by atoms with E-state index in [9.17, 15) is 19.8 Å². The van der Waals surface area contributed by atoms with Crippen molar-refractivity contribution in [3.05, 3.63) is 24.3 Å². The zero-order chi connectivity index (χ0) is 50.0. The Bertz CT molecular complexity index is 1080. The van der Waals surface area contributed by atoms with Crippen LogP contribution in [0.5, 0.6) is 0 Å². The fourth-order valence-corrected chi connectivity index (χ4v) is 9.69. The molecule has 1 amide bonds. The molecule has 69 heavy (non-hydrogen) atoms. The fourth-order valence-electron chi connectivity index (χ4n) is 9.69. The third-order valence-electron chi connectivity index (χ3n) is 14.5. The van der Waals surface area contributed by atoms with Gasteiger partial charge < -0.3 is 20.3 Å². The predicted molar refractivity (Wildman–Crippen MR) is 301 cm³/mol. The number of nitrogens with one attached hydrogen (secondary N) is 1. The third-order valence-corrected chi connectivity index (χ3v) is 14.5. The van der Waals surface area contributed by atoms with E-state index in [0.717, 1.165) is 44.9 Å². The van der Waals surface area contributed by atoms with E-state index in [1.165, 1.54) is 270 Å². The minimum absolute atomic E-state index is 0.00747. The van der Waals surface area contributed by atoms with Gasteiger partial charge in [-0.05, 0) is 57.8 Å². The summed E-state index contributed by atoms with van der Waals surface area (Å²) in [4.78, 5) is 24.5. The van der Waals surface area contributed by atoms with Crippen molar-refractivity contribution in [2.75, 3.05) is 13.2 Å². The first-order valence-corrected chi connectivity index (χ1v) is 31.1. The number of ether oxygens (including phenoxy) is 1. The van der Waals surface area contributed by atoms with Gasteiger partial charge in [0.25, 0.3) is 0 Å². The molecule has 6 nitrogen and oxygen atoms in total. The maximum Gasteiger partial charge on any atom is 0.305 e. The molecule has 0 bridgehead atoms. The van der Waals surface area contributed by atoms with Crippen LogP contribution in [0.4, 0.5) is 0 Å². The number of hydrogen-bond acceptors (Lipinski definition) is 5. The molecule has 0 aromatic rings. The number of carbonyl (C=O) groups excluding carboxylic acids is 2. The average molecular weight is 973 g/mol. The fraction of sp³-hybridized carbons (Fsp3) is 0.905. The van der Waals surface area contributed by atoms with Gasteiger partial charge in [0, 0.05) is 12.8 Å². The second kappa shape index (κ2) is 58.9. The third kappa shape index (κ3) is 55.5. The van der Waals surface area contributed by atoms with Crippen LogP contribution in [0.15, 0.2) is 24.3 Å². The van der Waals surface area contributed by atoms with Gasteiger partial charge in [-0.1, -0.05) is 295 Å². The Balaban J connectivity index is 3.46. The summed E-state index contributed by atoms with van der Waals surface area (Å²) < 4.78 is 5.47. The van der Waals surface area contributed by atoms with E-state index in [1.807, 2.05) is 6.08 Å². The molecule has 0 heterocycles. The zero-order valence-electron chi connectivity index (χ0n) is 46.6. The predicted octanol–water partition coefficient (Wildman–Crippen LogP) is 19.4. The molecule has 6 heteroatoms. The Morgan fingerprint density at radius 2 is 0.681 bits per heavy atom. The van der Waals surface area contributed by atoms with Gasteiger partial charge in [0.1, 0.15) is 0 Å².